The van der Waals surface area contributed by atoms with Gasteiger partial charge in [0.2, 0.25) is 23.6 Å². The van der Waals surface area contributed by atoms with Crippen molar-refractivity contribution in [2.45, 2.75) is 69.1 Å². The van der Waals surface area contributed by atoms with Crippen LogP contribution in [0.3, 0.4) is 0 Å². The molecular weight excluding hydrogens is 494 g/mol. The maximum Gasteiger partial charge on any atom is 0.326 e. The van der Waals surface area contributed by atoms with Crippen LogP contribution >= 0.6 is 0 Å². The Morgan fingerprint density at radius 2 is 1.27 bits per heavy atom. The van der Waals surface area contributed by atoms with E-state index in [0.717, 1.165) is 0 Å². The first-order valence-electron chi connectivity index (χ1n) is 11.4. The number of nitrogens with zero attached hydrogens (tertiary/aromatic N) is 1. The van der Waals surface area contributed by atoms with Gasteiger partial charge in [-0.1, -0.05) is 0 Å². The Balaban J connectivity index is 5.53. The van der Waals surface area contributed by atoms with E-state index in [-0.39, 0.29) is 31.8 Å². The first-order valence-corrected chi connectivity index (χ1v) is 11.4. The molecule has 15 N–H and O–H groups in total. The van der Waals surface area contributed by atoms with Crippen LogP contribution in [0.25, 0.3) is 0 Å². The molecule has 4 unspecified atom stereocenters. The molecule has 4 amide bonds. The van der Waals surface area contributed by atoms with Gasteiger partial charge in [0.1, 0.15) is 18.1 Å². The molecule has 0 aliphatic carbocycles. The second kappa shape index (κ2) is 17.4. The highest BCUT2D eigenvalue weighted by Gasteiger charge is 2.31. The second-order valence-electron chi connectivity index (χ2n) is 8.13. The number of carbonyl (C=O) groups excluding carboxylic acids is 4. The van der Waals surface area contributed by atoms with Crippen LogP contribution in [0.1, 0.15) is 44.9 Å². The van der Waals surface area contributed by atoms with E-state index in [1.54, 1.807) is 0 Å². The Morgan fingerprint density at radius 3 is 1.78 bits per heavy atom. The van der Waals surface area contributed by atoms with E-state index in [1.165, 1.54) is 0 Å². The maximum absolute atomic E-state index is 12.9. The largest absolute Gasteiger partial charge is 0.481 e. The molecular formula is C20H37N9O8. The maximum atomic E-state index is 12.9. The second-order valence-corrected chi connectivity index (χ2v) is 8.13. The summed E-state index contributed by atoms with van der Waals surface area (Å²) in [7, 11) is 0. The average molecular weight is 532 g/mol. The van der Waals surface area contributed by atoms with Gasteiger partial charge in [0.15, 0.2) is 5.96 Å². The zero-order chi connectivity index (χ0) is 28.5. The molecule has 0 aromatic heterocycles. The summed E-state index contributed by atoms with van der Waals surface area (Å²) in [4.78, 5) is 75.4. The van der Waals surface area contributed by atoms with Crippen LogP contribution in [0.2, 0.25) is 0 Å². The molecule has 0 aromatic carbocycles. The number of amides is 4. The average Bonchev–Trinajstić information content (AvgIpc) is 2.78. The number of carboxylic acid groups (broad SMARTS) is 2. The number of guanidine groups is 1. The van der Waals surface area contributed by atoms with Gasteiger partial charge >= 0.3 is 11.9 Å². The molecule has 17 heteroatoms. The van der Waals surface area contributed by atoms with Gasteiger partial charge in [0, 0.05) is 6.54 Å². The zero-order valence-electron chi connectivity index (χ0n) is 20.4. The highest BCUT2D eigenvalue weighted by Crippen LogP contribution is 2.06. The number of hydrogen-bond acceptors (Lipinski definition) is 9. The van der Waals surface area contributed by atoms with Gasteiger partial charge in [0.05, 0.1) is 18.9 Å². The van der Waals surface area contributed by atoms with Crippen LogP contribution in [-0.2, 0) is 28.8 Å². The zero-order valence-corrected chi connectivity index (χ0v) is 20.4. The molecule has 0 saturated carbocycles. The first kappa shape index (κ1) is 33.0. The number of nitrogens with one attached hydrogen (secondary N) is 3. The van der Waals surface area contributed by atoms with Gasteiger partial charge in [-0.2, -0.15) is 0 Å². The molecule has 17 nitrogen and oxygen atoms in total. The summed E-state index contributed by atoms with van der Waals surface area (Å²) < 4.78 is 0. The minimum atomic E-state index is -1.65. The van der Waals surface area contributed by atoms with Crippen LogP contribution < -0.4 is 44.6 Å². The summed E-state index contributed by atoms with van der Waals surface area (Å²) >= 11 is 0. The van der Waals surface area contributed by atoms with Gasteiger partial charge in [-0.15, -0.1) is 0 Å². The summed E-state index contributed by atoms with van der Waals surface area (Å²) in [6, 6.07) is -5.67. The van der Waals surface area contributed by atoms with Crippen LogP contribution in [0.4, 0.5) is 0 Å². The van der Waals surface area contributed by atoms with E-state index in [2.05, 4.69) is 20.9 Å². The smallest absolute Gasteiger partial charge is 0.326 e. The fraction of sp³-hybridized carbons (Fsp3) is 0.650. The van der Waals surface area contributed by atoms with E-state index < -0.39 is 72.6 Å². The Bertz CT molecular complexity index is 848. The summed E-state index contributed by atoms with van der Waals surface area (Å²) in [5.74, 6) is -6.71. The van der Waals surface area contributed by atoms with Crippen LogP contribution in [0.15, 0.2) is 4.99 Å². The lowest BCUT2D eigenvalue weighted by atomic mass is 10.1. The lowest BCUT2D eigenvalue weighted by Crippen LogP contribution is -2.57. The normalized spacial score (nSPS) is 13.8. The highest BCUT2D eigenvalue weighted by atomic mass is 16.4. The predicted octanol–water partition coefficient (Wildman–Crippen LogP) is -4.61. The number of rotatable bonds is 19. The monoisotopic (exact) mass is 531 g/mol. The molecule has 0 spiro atoms. The number of aliphatic imine (C=N–C) groups is 1. The molecule has 0 saturated heterocycles. The number of carboxylic acids is 2. The van der Waals surface area contributed by atoms with E-state index >= 15 is 0 Å². The van der Waals surface area contributed by atoms with Crippen LogP contribution in [-0.4, -0.2) is 89.0 Å². The van der Waals surface area contributed by atoms with Crippen molar-refractivity contribution in [3.8, 4) is 0 Å². The topological polar surface area (TPSA) is 321 Å². The van der Waals surface area contributed by atoms with Crippen LogP contribution in [0, 0.1) is 0 Å². The van der Waals surface area contributed by atoms with E-state index in [1.807, 2.05) is 0 Å². The van der Waals surface area contributed by atoms with Crippen molar-refractivity contribution in [1.82, 2.24) is 16.0 Å². The Hall–Kier alpha value is -3.99. The van der Waals surface area contributed by atoms with Gasteiger partial charge in [-0.05, 0) is 38.6 Å². The van der Waals surface area contributed by atoms with Gasteiger partial charge in [0.25, 0.3) is 0 Å². The molecule has 0 aliphatic rings. The molecule has 0 rings (SSSR count). The molecule has 0 aromatic rings. The summed E-state index contributed by atoms with van der Waals surface area (Å²) in [6.07, 6.45) is -0.287. The lowest BCUT2D eigenvalue weighted by molar-refractivity contribution is -0.143. The number of aliphatic carboxylic acids is 2. The molecule has 0 bridgehead atoms. The van der Waals surface area contributed by atoms with Crippen molar-refractivity contribution >= 4 is 41.5 Å². The number of unbranched alkanes of at least 4 members (excludes halogenated alkanes) is 1. The SMILES string of the molecule is NCCCCC(NC(=O)C(CC(=O)O)NC(=O)C(N)CC(N)=O)C(=O)NC(CCCN=C(N)N)C(=O)O. The minimum absolute atomic E-state index is 0.0171. The van der Waals surface area contributed by atoms with E-state index in [0.29, 0.717) is 19.4 Å². The molecule has 0 fully saturated rings. The summed E-state index contributed by atoms with van der Waals surface area (Å²) in [6.45, 7) is 0.424. The number of nitrogens with two attached hydrogens (primary N) is 5. The fourth-order valence-electron chi connectivity index (χ4n) is 3.04. The van der Waals surface area contributed by atoms with E-state index in [4.69, 9.17) is 33.8 Å². The molecule has 0 radical (unpaired) electrons. The number of hydrogen-bond donors (Lipinski definition) is 10. The third kappa shape index (κ3) is 14.9. The third-order valence-corrected chi connectivity index (χ3v) is 4.91. The lowest BCUT2D eigenvalue weighted by Gasteiger charge is -2.24. The third-order valence-electron chi connectivity index (χ3n) is 4.91. The Kier molecular flexibility index (Phi) is 15.6. The van der Waals surface area contributed by atoms with Gasteiger partial charge in [-0.25, -0.2) is 4.79 Å². The Morgan fingerprint density at radius 1 is 0.730 bits per heavy atom. The molecule has 0 aliphatic heterocycles. The molecule has 4 atom stereocenters. The van der Waals surface area contributed by atoms with Gasteiger partial charge < -0.3 is 54.8 Å². The van der Waals surface area contributed by atoms with E-state index in [9.17, 15) is 33.9 Å². The first-order chi connectivity index (χ1) is 17.3. The number of primary amides is 1. The quantitative estimate of drug-likeness (QED) is 0.0427. The predicted molar refractivity (Wildman–Crippen MR) is 130 cm³/mol. The fourth-order valence-corrected chi connectivity index (χ4v) is 3.04. The highest BCUT2D eigenvalue weighted by molar-refractivity contribution is 5.96. The minimum Gasteiger partial charge on any atom is -0.481 e. The Labute approximate surface area is 212 Å². The molecule has 0 heterocycles. The van der Waals surface area contributed by atoms with Crippen molar-refractivity contribution in [1.29, 1.82) is 0 Å². The number of carbonyl (C=O) groups is 6. The molecule has 37 heavy (non-hydrogen) atoms. The van der Waals surface area contributed by atoms with Crippen molar-refractivity contribution in [3.05, 3.63) is 0 Å². The summed E-state index contributed by atoms with van der Waals surface area (Å²) in [5.41, 5.74) is 26.4. The standard InChI is InChI=1S/C20H37N9O8/c21-6-2-1-4-11(17(34)28-12(19(36)37)5-3-7-26-20(24)25)27-18(35)13(9-15(31)32)29-16(33)10(22)8-14(23)30/h10-13H,1-9,21-22H2,(H2,23,30)(H,27,35)(H,28,34)(H,29,33)(H,31,32)(H,36,37)(H4,24,25,26). The van der Waals surface area contributed by atoms with Gasteiger partial charge in [-0.3, -0.25) is 29.0 Å². The van der Waals surface area contributed by atoms with Crippen molar-refractivity contribution < 1.29 is 39.0 Å². The summed E-state index contributed by atoms with van der Waals surface area (Å²) in [5, 5.41) is 25.4. The van der Waals surface area contributed by atoms with Crippen molar-refractivity contribution in [2.24, 2.45) is 33.7 Å². The molecule has 210 valence electrons. The van der Waals surface area contributed by atoms with Crippen LogP contribution in [0.5, 0.6) is 0 Å². The van der Waals surface area contributed by atoms with Crippen molar-refractivity contribution in [3.63, 3.8) is 0 Å². The van der Waals surface area contributed by atoms with Crippen molar-refractivity contribution in [2.75, 3.05) is 13.1 Å².